The molecule has 0 saturated carbocycles. The van der Waals surface area contributed by atoms with Gasteiger partial charge in [-0.3, -0.25) is 0 Å². The van der Waals surface area contributed by atoms with Crippen LogP contribution in [0.25, 0.3) is 0 Å². The average Bonchev–Trinajstić information content (AvgIpc) is 2.33. The Morgan fingerprint density at radius 3 is 2.12 bits per heavy atom. The van der Waals surface area contributed by atoms with Crippen molar-refractivity contribution >= 4 is 5.69 Å². The number of hydrogen-bond acceptors (Lipinski definition) is 1. The number of rotatable bonds is 3. The van der Waals surface area contributed by atoms with E-state index in [1.165, 1.54) is 16.8 Å². The maximum absolute atomic E-state index is 3.49. The summed E-state index contributed by atoms with van der Waals surface area (Å²) in [5.74, 6) is 0. The van der Waals surface area contributed by atoms with Gasteiger partial charge in [0.05, 0.1) is 0 Å². The summed E-state index contributed by atoms with van der Waals surface area (Å²) in [5, 5.41) is 3.49. The number of aryl methyl sites for hydroxylation is 1. The number of hydrogen-bond donors (Lipinski definition) is 1. The van der Waals surface area contributed by atoms with Gasteiger partial charge in [-0.2, -0.15) is 0 Å². The van der Waals surface area contributed by atoms with Crippen molar-refractivity contribution in [3.63, 3.8) is 0 Å². The third kappa shape index (κ3) is 2.63. The molecule has 1 unspecified atom stereocenters. The summed E-state index contributed by atoms with van der Waals surface area (Å²) >= 11 is 0. The molecule has 0 saturated heterocycles. The molecule has 82 valence electrons. The summed E-state index contributed by atoms with van der Waals surface area (Å²) in [6.45, 7) is 4.28. The van der Waals surface area contributed by atoms with E-state index in [0.29, 0.717) is 6.04 Å². The van der Waals surface area contributed by atoms with E-state index in [1.807, 2.05) is 6.07 Å². The highest BCUT2D eigenvalue weighted by atomic mass is 14.9. The monoisotopic (exact) mass is 211 g/mol. The lowest BCUT2D eigenvalue weighted by atomic mass is 10.1. The lowest BCUT2D eigenvalue weighted by Gasteiger charge is -2.15. The molecule has 0 aliphatic carbocycles. The van der Waals surface area contributed by atoms with Gasteiger partial charge in [0.15, 0.2) is 0 Å². The van der Waals surface area contributed by atoms with Crippen LogP contribution in [-0.2, 0) is 0 Å². The summed E-state index contributed by atoms with van der Waals surface area (Å²) in [6, 6.07) is 19.3. The lowest BCUT2D eigenvalue weighted by Crippen LogP contribution is -2.06. The summed E-state index contributed by atoms with van der Waals surface area (Å²) < 4.78 is 0. The minimum absolute atomic E-state index is 0.337. The molecule has 0 bridgehead atoms. The van der Waals surface area contributed by atoms with Crippen molar-refractivity contribution in [1.82, 2.24) is 0 Å². The Labute approximate surface area is 97.1 Å². The molecule has 1 nitrogen and oxygen atoms in total. The van der Waals surface area contributed by atoms with E-state index in [4.69, 9.17) is 0 Å². The van der Waals surface area contributed by atoms with Gasteiger partial charge in [0.25, 0.3) is 0 Å². The summed E-state index contributed by atoms with van der Waals surface area (Å²) in [4.78, 5) is 0. The minimum Gasteiger partial charge on any atom is -0.379 e. The van der Waals surface area contributed by atoms with Gasteiger partial charge in [-0.1, -0.05) is 48.0 Å². The van der Waals surface area contributed by atoms with Crippen LogP contribution in [0.4, 0.5) is 5.69 Å². The van der Waals surface area contributed by atoms with Crippen LogP contribution in [-0.4, -0.2) is 0 Å². The predicted octanol–water partition coefficient (Wildman–Crippen LogP) is 4.17. The van der Waals surface area contributed by atoms with Crippen LogP contribution in [0.15, 0.2) is 54.6 Å². The second-order valence-corrected chi connectivity index (χ2v) is 4.14. The predicted molar refractivity (Wildman–Crippen MR) is 69.7 cm³/mol. The fourth-order valence-corrected chi connectivity index (χ4v) is 1.72. The first-order chi connectivity index (χ1) is 7.75. The minimum atomic E-state index is 0.337. The fraction of sp³-hybridized carbons (Fsp3) is 0.200. The summed E-state index contributed by atoms with van der Waals surface area (Å²) in [5.41, 5.74) is 3.77. The van der Waals surface area contributed by atoms with Gasteiger partial charge in [0, 0.05) is 11.7 Å². The molecule has 16 heavy (non-hydrogen) atoms. The Kier molecular flexibility index (Phi) is 3.25. The van der Waals surface area contributed by atoms with Gasteiger partial charge < -0.3 is 5.32 Å². The molecule has 0 radical (unpaired) electrons. The molecule has 1 heteroatoms. The molecule has 0 amide bonds. The Hall–Kier alpha value is -1.76. The molecule has 1 atom stereocenters. The first kappa shape index (κ1) is 10.7. The lowest BCUT2D eigenvalue weighted by molar-refractivity contribution is 0.885. The maximum Gasteiger partial charge on any atom is 0.0485 e. The van der Waals surface area contributed by atoms with Crippen molar-refractivity contribution in [2.24, 2.45) is 0 Å². The van der Waals surface area contributed by atoms with Crippen LogP contribution in [0, 0.1) is 6.92 Å². The molecular formula is C15H17N. The molecule has 2 aromatic carbocycles. The van der Waals surface area contributed by atoms with E-state index in [2.05, 4.69) is 67.7 Å². The van der Waals surface area contributed by atoms with Gasteiger partial charge in [0.1, 0.15) is 0 Å². The van der Waals surface area contributed by atoms with Crippen LogP contribution in [0.1, 0.15) is 24.1 Å². The van der Waals surface area contributed by atoms with Crippen molar-refractivity contribution in [3.8, 4) is 0 Å². The molecule has 0 aliphatic rings. The van der Waals surface area contributed by atoms with Crippen molar-refractivity contribution in [3.05, 3.63) is 65.7 Å². The quantitative estimate of drug-likeness (QED) is 0.803. The van der Waals surface area contributed by atoms with Gasteiger partial charge in [0.2, 0.25) is 0 Å². The molecule has 0 fully saturated rings. The van der Waals surface area contributed by atoms with Crippen LogP contribution in [0.3, 0.4) is 0 Å². The van der Waals surface area contributed by atoms with Crippen LogP contribution < -0.4 is 5.32 Å². The number of benzene rings is 2. The van der Waals surface area contributed by atoms with Gasteiger partial charge in [-0.25, -0.2) is 0 Å². The normalized spacial score (nSPS) is 12.1. The maximum atomic E-state index is 3.49. The molecule has 0 heterocycles. The summed E-state index contributed by atoms with van der Waals surface area (Å²) in [7, 11) is 0. The zero-order valence-electron chi connectivity index (χ0n) is 9.77. The smallest absolute Gasteiger partial charge is 0.0485 e. The molecule has 2 aromatic rings. The Balaban J connectivity index is 2.08. The third-order valence-corrected chi connectivity index (χ3v) is 2.73. The van der Waals surface area contributed by atoms with Gasteiger partial charge in [-0.05, 0) is 31.5 Å². The second kappa shape index (κ2) is 4.84. The van der Waals surface area contributed by atoms with E-state index >= 15 is 0 Å². The zero-order valence-corrected chi connectivity index (χ0v) is 9.77. The topological polar surface area (TPSA) is 12.0 Å². The van der Waals surface area contributed by atoms with Gasteiger partial charge in [-0.15, -0.1) is 0 Å². The SMILES string of the molecule is Cc1ccc(NC(C)c2ccccc2)cc1. The molecule has 0 aliphatic heterocycles. The van der Waals surface area contributed by atoms with Crippen molar-refractivity contribution in [2.45, 2.75) is 19.9 Å². The molecular weight excluding hydrogens is 194 g/mol. The van der Waals surface area contributed by atoms with Gasteiger partial charge >= 0.3 is 0 Å². The molecule has 0 aromatic heterocycles. The highest BCUT2D eigenvalue weighted by Crippen LogP contribution is 2.18. The Morgan fingerprint density at radius 1 is 0.875 bits per heavy atom. The highest BCUT2D eigenvalue weighted by molar-refractivity contribution is 5.46. The zero-order chi connectivity index (χ0) is 11.4. The average molecular weight is 211 g/mol. The standard InChI is InChI=1S/C15H17N/c1-12-8-10-15(11-9-12)16-13(2)14-6-4-3-5-7-14/h3-11,13,16H,1-2H3. The van der Waals surface area contributed by atoms with E-state index in [9.17, 15) is 0 Å². The fourth-order valence-electron chi connectivity index (χ4n) is 1.72. The number of anilines is 1. The van der Waals surface area contributed by atoms with E-state index in [0.717, 1.165) is 0 Å². The van der Waals surface area contributed by atoms with Crippen molar-refractivity contribution < 1.29 is 0 Å². The third-order valence-electron chi connectivity index (χ3n) is 2.73. The second-order valence-electron chi connectivity index (χ2n) is 4.14. The highest BCUT2D eigenvalue weighted by Gasteiger charge is 2.03. The van der Waals surface area contributed by atoms with Crippen molar-refractivity contribution in [1.29, 1.82) is 0 Å². The number of nitrogens with one attached hydrogen (secondary N) is 1. The molecule has 0 spiro atoms. The van der Waals surface area contributed by atoms with Crippen LogP contribution >= 0.6 is 0 Å². The van der Waals surface area contributed by atoms with E-state index in [-0.39, 0.29) is 0 Å². The summed E-state index contributed by atoms with van der Waals surface area (Å²) in [6.07, 6.45) is 0. The van der Waals surface area contributed by atoms with Crippen LogP contribution in [0.2, 0.25) is 0 Å². The molecule has 1 N–H and O–H groups in total. The van der Waals surface area contributed by atoms with Crippen LogP contribution in [0.5, 0.6) is 0 Å². The largest absolute Gasteiger partial charge is 0.379 e. The van der Waals surface area contributed by atoms with Crippen molar-refractivity contribution in [2.75, 3.05) is 5.32 Å². The first-order valence-corrected chi connectivity index (χ1v) is 5.64. The first-order valence-electron chi connectivity index (χ1n) is 5.64. The Bertz CT molecular complexity index is 431. The van der Waals surface area contributed by atoms with E-state index < -0.39 is 0 Å². The Morgan fingerprint density at radius 2 is 1.50 bits per heavy atom. The molecule has 2 rings (SSSR count). The van der Waals surface area contributed by atoms with E-state index in [1.54, 1.807) is 0 Å².